The van der Waals surface area contributed by atoms with Crippen molar-refractivity contribution in [3.05, 3.63) is 66.2 Å². The highest BCUT2D eigenvalue weighted by Gasteiger charge is 2.51. The number of methoxy groups -OCH3 is 2. The van der Waals surface area contributed by atoms with Crippen LogP contribution in [0.15, 0.2) is 60.0 Å². The molecule has 1 aliphatic heterocycles. The van der Waals surface area contributed by atoms with Gasteiger partial charge in [0.15, 0.2) is 11.5 Å². The molecule has 1 fully saturated rings. The van der Waals surface area contributed by atoms with Crippen molar-refractivity contribution in [3.8, 4) is 11.5 Å². The van der Waals surface area contributed by atoms with Crippen molar-refractivity contribution < 1.29 is 27.5 Å². The quantitative estimate of drug-likeness (QED) is 0.431. The third-order valence-corrected chi connectivity index (χ3v) is 9.26. The van der Waals surface area contributed by atoms with Gasteiger partial charge in [-0.05, 0) is 95.0 Å². The number of hydrogen-bond acceptors (Lipinski definition) is 6. The van der Waals surface area contributed by atoms with E-state index >= 15 is 0 Å². The molecule has 0 unspecified atom stereocenters. The van der Waals surface area contributed by atoms with Gasteiger partial charge in [-0.25, -0.2) is 8.42 Å². The maximum absolute atomic E-state index is 13.8. The summed E-state index contributed by atoms with van der Waals surface area (Å²) in [6.07, 6.45) is 2.72. The molecule has 2 amide bonds. The van der Waals surface area contributed by atoms with E-state index in [0.29, 0.717) is 42.9 Å². The van der Waals surface area contributed by atoms with Gasteiger partial charge in [-0.1, -0.05) is 12.6 Å². The van der Waals surface area contributed by atoms with E-state index in [4.69, 9.17) is 9.47 Å². The number of rotatable bonds is 10. The third-order valence-electron chi connectivity index (χ3n) is 6.93. The van der Waals surface area contributed by atoms with Crippen molar-refractivity contribution in [2.45, 2.75) is 69.0 Å². The van der Waals surface area contributed by atoms with Crippen LogP contribution < -0.4 is 20.1 Å². The van der Waals surface area contributed by atoms with E-state index < -0.39 is 21.1 Å². The zero-order valence-corrected chi connectivity index (χ0v) is 24.4. The minimum Gasteiger partial charge on any atom is -0.493 e. The van der Waals surface area contributed by atoms with E-state index in [0.717, 1.165) is 5.56 Å². The summed E-state index contributed by atoms with van der Waals surface area (Å²) in [4.78, 5) is 24.7. The molecule has 0 radical (unpaired) electrons. The SMILES string of the molecule is C=CC(=O)NC1CC(C)(C)N(S(=O)(=O)c2ccc(C(=O)NCCc3ccc(OC)c(OC)c3)cc2)C(C)(C)C1. The van der Waals surface area contributed by atoms with Crippen LogP contribution in [0.25, 0.3) is 0 Å². The molecule has 0 aliphatic carbocycles. The number of carbonyl (C=O) groups excluding carboxylic acids is 2. The lowest BCUT2D eigenvalue weighted by Crippen LogP contribution is -2.65. The molecule has 0 saturated carbocycles. The Kier molecular flexibility index (Phi) is 9.12. The topological polar surface area (TPSA) is 114 Å². The minimum atomic E-state index is -3.90. The van der Waals surface area contributed by atoms with Crippen LogP contribution in [0.2, 0.25) is 0 Å². The van der Waals surface area contributed by atoms with Crippen LogP contribution in [0, 0.1) is 0 Å². The molecule has 2 aromatic carbocycles. The first-order valence-corrected chi connectivity index (χ1v) is 14.3. The lowest BCUT2D eigenvalue weighted by atomic mass is 9.79. The number of benzene rings is 2. The molecule has 1 aliphatic rings. The Morgan fingerprint density at radius 1 is 1.00 bits per heavy atom. The van der Waals surface area contributed by atoms with Crippen LogP contribution in [0.3, 0.4) is 0 Å². The second-order valence-electron chi connectivity index (χ2n) is 10.9. The Labute approximate surface area is 231 Å². The van der Waals surface area contributed by atoms with Crippen molar-refractivity contribution in [2.24, 2.45) is 0 Å². The van der Waals surface area contributed by atoms with Crippen LogP contribution in [0.1, 0.15) is 56.5 Å². The minimum absolute atomic E-state index is 0.110. The number of nitrogens with one attached hydrogen (secondary N) is 2. The van der Waals surface area contributed by atoms with E-state index in [2.05, 4.69) is 17.2 Å². The zero-order chi connectivity index (χ0) is 29.0. The predicted molar refractivity (Wildman–Crippen MR) is 151 cm³/mol. The van der Waals surface area contributed by atoms with Crippen molar-refractivity contribution in [1.29, 1.82) is 0 Å². The summed E-state index contributed by atoms with van der Waals surface area (Å²) < 4.78 is 39.7. The first kappa shape index (κ1) is 30.2. The Morgan fingerprint density at radius 3 is 2.13 bits per heavy atom. The summed E-state index contributed by atoms with van der Waals surface area (Å²) in [6, 6.07) is 11.4. The van der Waals surface area contributed by atoms with Crippen LogP contribution in [0.5, 0.6) is 11.5 Å². The van der Waals surface area contributed by atoms with Gasteiger partial charge < -0.3 is 20.1 Å². The highest BCUT2D eigenvalue weighted by molar-refractivity contribution is 7.89. The van der Waals surface area contributed by atoms with Gasteiger partial charge in [0.25, 0.3) is 5.91 Å². The predicted octanol–water partition coefficient (Wildman–Crippen LogP) is 3.69. The summed E-state index contributed by atoms with van der Waals surface area (Å²) in [5.41, 5.74) is -0.183. The summed E-state index contributed by atoms with van der Waals surface area (Å²) in [7, 11) is -0.752. The van der Waals surface area contributed by atoms with E-state index in [1.54, 1.807) is 14.2 Å². The maximum Gasteiger partial charge on any atom is 0.251 e. The molecule has 2 N–H and O–H groups in total. The van der Waals surface area contributed by atoms with Crippen LogP contribution in [-0.2, 0) is 21.2 Å². The fourth-order valence-corrected chi connectivity index (χ4v) is 7.76. The molecule has 0 bridgehead atoms. The van der Waals surface area contributed by atoms with Gasteiger partial charge in [-0.3, -0.25) is 9.59 Å². The normalized spacial score (nSPS) is 17.2. The molecule has 3 rings (SSSR count). The van der Waals surface area contributed by atoms with Gasteiger partial charge in [-0.15, -0.1) is 0 Å². The number of nitrogens with zero attached hydrogens (tertiary/aromatic N) is 1. The smallest absolute Gasteiger partial charge is 0.251 e. The molecular weight excluding hydrogens is 518 g/mol. The first-order valence-electron chi connectivity index (χ1n) is 12.8. The lowest BCUT2D eigenvalue weighted by molar-refractivity contribution is -0.118. The largest absolute Gasteiger partial charge is 0.493 e. The van der Waals surface area contributed by atoms with Crippen molar-refractivity contribution in [3.63, 3.8) is 0 Å². The molecule has 10 heteroatoms. The summed E-state index contributed by atoms with van der Waals surface area (Å²) >= 11 is 0. The van der Waals surface area contributed by atoms with E-state index in [9.17, 15) is 18.0 Å². The van der Waals surface area contributed by atoms with Crippen molar-refractivity contribution >= 4 is 21.8 Å². The van der Waals surface area contributed by atoms with Gasteiger partial charge >= 0.3 is 0 Å². The Morgan fingerprint density at radius 2 is 1.59 bits per heavy atom. The summed E-state index contributed by atoms with van der Waals surface area (Å²) in [5, 5.41) is 5.79. The third kappa shape index (κ3) is 6.80. The Balaban J connectivity index is 1.69. The number of amides is 2. The second kappa shape index (κ2) is 11.8. The van der Waals surface area contributed by atoms with Gasteiger partial charge in [0, 0.05) is 29.2 Å². The van der Waals surface area contributed by atoms with Crippen molar-refractivity contribution in [1.82, 2.24) is 14.9 Å². The van der Waals surface area contributed by atoms with E-state index in [-0.39, 0.29) is 22.8 Å². The number of carbonyl (C=O) groups is 2. The highest BCUT2D eigenvalue weighted by atomic mass is 32.2. The molecule has 39 heavy (non-hydrogen) atoms. The van der Waals surface area contributed by atoms with Crippen LogP contribution in [-0.4, -0.2) is 62.4 Å². The average Bonchev–Trinajstić information content (AvgIpc) is 2.86. The Bertz CT molecular complexity index is 1300. The molecule has 1 saturated heterocycles. The maximum atomic E-state index is 13.8. The average molecular weight is 558 g/mol. The zero-order valence-electron chi connectivity index (χ0n) is 23.5. The van der Waals surface area contributed by atoms with Gasteiger partial charge in [-0.2, -0.15) is 4.31 Å². The first-order chi connectivity index (χ1) is 18.2. The number of ether oxygens (including phenoxy) is 2. The van der Waals surface area contributed by atoms with E-state index in [1.807, 2.05) is 45.9 Å². The number of hydrogen-bond donors (Lipinski definition) is 2. The van der Waals surface area contributed by atoms with Gasteiger partial charge in [0.1, 0.15) is 0 Å². The highest BCUT2D eigenvalue weighted by Crippen LogP contribution is 2.42. The Hall–Kier alpha value is -3.37. The molecule has 0 aromatic heterocycles. The standard InChI is InChI=1S/C29H39N3O6S/c1-8-26(33)31-22-18-28(2,3)32(29(4,5)19-22)39(35,36)23-12-10-21(11-13-23)27(34)30-16-15-20-9-14-24(37-6)25(17-20)38-7/h8-14,17,22H,1,15-16,18-19H2,2-7H3,(H,30,34)(H,31,33). The van der Waals surface area contributed by atoms with Crippen LogP contribution in [0.4, 0.5) is 0 Å². The second-order valence-corrected chi connectivity index (χ2v) is 12.7. The number of piperidine rings is 1. The molecule has 2 aromatic rings. The van der Waals surface area contributed by atoms with Crippen molar-refractivity contribution in [2.75, 3.05) is 20.8 Å². The molecule has 212 valence electrons. The molecule has 1 heterocycles. The van der Waals surface area contributed by atoms with Gasteiger partial charge in [0.2, 0.25) is 15.9 Å². The number of sulfonamides is 1. The van der Waals surface area contributed by atoms with Gasteiger partial charge in [0.05, 0.1) is 19.1 Å². The van der Waals surface area contributed by atoms with Crippen LogP contribution >= 0.6 is 0 Å². The molecule has 0 atom stereocenters. The molecule has 9 nitrogen and oxygen atoms in total. The lowest BCUT2D eigenvalue weighted by Gasteiger charge is -2.53. The monoisotopic (exact) mass is 557 g/mol. The molecular formula is C29H39N3O6S. The molecule has 0 spiro atoms. The summed E-state index contributed by atoms with van der Waals surface area (Å²) in [6.45, 7) is 11.3. The van der Waals surface area contributed by atoms with E-state index in [1.165, 1.54) is 34.6 Å². The fourth-order valence-electron chi connectivity index (χ4n) is 5.62. The summed E-state index contributed by atoms with van der Waals surface area (Å²) in [5.74, 6) is 0.686. The fraction of sp³-hybridized carbons (Fsp3) is 0.448.